The van der Waals surface area contributed by atoms with E-state index in [1.807, 2.05) is 27.7 Å². The maximum Gasteiger partial charge on any atom is 0.332 e. The van der Waals surface area contributed by atoms with Gasteiger partial charge in [-0.05, 0) is 53.6 Å². The zero-order valence-corrected chi connectivity index (χ0v) is 17.8. The lowest BCUT2D eigenvalue weighted by Gasteiger charge is -2.32. The monoisotopic (exact) mass is 370 g/mol. The lowest BCUT2D eigenvalue weighted by molar-refractivity contribution is -0.156. The SMILES string of the molecule is CCC(C)N(CC)C(C)OC(=O)/C=C\C(=O)OC(C)N(CC)C(C)CC. The summed E-state index contributed by atoms with van der Waals surface area (Å²) in [4.78, 5) is 28.1. The maximum atomic E-state index is 12.0. The van der Waals surface area contributed by atoms with Gasteiger partial charge in [0.05, 0.1) is 0 Å². The molecule has 0 rings (SSSR count). The zero-order valence-electron chi connectivity index (χ0n) is 17.8. The molecular formula is C20H38N2O4. The Bertz CT molecular complexity index is 413. The summed E-state index contributed by atoms with van der Waals surface area (Å²) >= 11 is 0. The van der Waals surface area contributed by atoms with Gasteiger partial charge in [0.15, 0.2) is 12.5 Å². The molecule has 6 nitrogen and oxygen atoms in total. The van der Waals surface area contributed by atoms with E-state index in [1.165, 1.54) is 0 Å². The third-order valence-electron chi connectivity index (χ3n) is 4.91. The van der Waals surface area contributed by atoms with Crippen LogP contribution in [0.5, 0.6) is 0 Å². The van der Waals surface area contributed by atoms with E-state index in [0.29, 0.717) is 12.1 Å². The average Bonchev–Trinajstić information content (AvgIpc) is 2.60. The van der Waals surface area contributed by atoms with E-state index in [9.17, 15) is 9.59 Å². The maximum absolute atomic E-state index is 12.0. The van der Waals surface area contributed by atoms with Crippen molar-refractivity contribution >= 4 is 11.9 Å². The number of rotatable bonds is 12. The molecule has 0 fully saturated rings. The van der Waals surface area contributed by atoms with Crippen molar-refractivity contribution in [3.05, 3.63) is 12.2 Å². The Labute approximate surface area is 159 Å². The van der Waals surface area contributed by atoms with Crippen molar-refractivity contribution < 1.29 is 19.1 Å². The zero-order chi connectivity index (χ0) is 20.3. The fraction of sp³-hybridized carbons (Fsp3) is 0.800. The van der Waals surface area contributed by atoms with Crippen LogP contribution >= 0.6 is 0 Å². The number of esters is 2. The molecule has 0 radical (unpaired) electrons. The summed E-state index contributed by atoms with van der Waals surface area (Å²) < 4.78 is 10.8. The second-order valence-electron chi connectivity index (χ2n) is 6.58. The Morgan fingerprint density at radius 1 is 0.731 bits per heavy atom. The smallest absolute Gasteiger partial charge is 0.332 e. The van der Waals surface area contributed by atoms with Gasteiger partial charge in [-0.25, -0.2) is 9.59 Å². The molecule has 0 aliphatic heterocycles. The van der Waals surface area contributed by atoms with E-state index in [-0.39, 0.29) is 12.5 Å². The quantitative estimate of drug-likeness (QED) is 0.297. The van der Waals surface area contributed by atoms with Crippen molar-refractivity contribution in [2.45, 2.75) is 92.8 Å². The van der Waals surface area contributed by atoms with Gasteiger partial charge in [0.25, 0.3) is 0 Å². The summed E-state index contributed by atoms with van der Waals surface area (Å²) in [6.45, 7) is 17.7. The molecule has 0 bridgehead atoms. The number of ether oxygens (including phenoxy) is 2. The standard InChI is InChI=1S/C20H38N2O4/c1-9-15(5)21(11-3)17(7)25-19(23)13-14-20(24)26-18(8)22(12-4)16(6)10-2/h13-18H,9-12H2,1-8H3/b14-13-. The molecule has 0 saturated heterocycles. The van der Waals surface area contributed by atoms with Gasteiger partial charge in [0.1, 0.15) is 0 Å². The molecule has 0 aromatic heterocycles. The molecular weight excluding hydrogens is 332 g/mol. The highest BCUT2D eigenvalue weighted by molar-refractivity contribution is 5.91. The van der Waals surface area contributed by atoms with E-state index >= 15 is 0 Å². The summed E-state index contributed by atoms with van der Waals surface area (Å²) in [6.07, 6.45) is 3.52. The number of nitrogens with zero attached hydrogens (tertiary/aromatic N) is 2. The van der Waals surface area contributed by atoms with Gasteiger partial charge in [-0.1, -0.05) is 27.7 Å². The van der Waals surface area contributed by atoms with Crippen molar-refractivity contribution in [2.75, 3.05) is 13.1 Å². The van der Waals surface area contributed by atoms with E-state index in [2.05, 4.69) is 37.5 Å². The Balaban J connectivity index is 4.61. The highest BCUT2D eigenvalue weighted by atomic mass is 16.6. The van der Waals surface area contributed by atoms with Crippen LogP contribution in [0, 0.1) is 0 Å². The largest absolute Gasteiger partial charge is 0.443 e. The topological polar surface area (TPSA) is 59.1 Å². The first-order chi connectivity index (χ1) is 12.2. The van der Waals surface area contributed by atoms with Crippen LogP contribution in [0.2, 0.25) is 0 Å². The van der Waals surface area contributed by atoms with Gasteiger partial charge < -0.3 is 9.47 Å². The summed E-state index contributed by atoms with van der Waals surface area (Å²) in [5.74, 6) is -1.09. The molecule has 152 valence electrons. The molecule has 0 N–H and O–H groups in total. The fourth-order valence-corrected chi connectivity index (χ4v) is 3.01. The van der Waals surface area contributed by atoms with E-state index in [0.717, 1.165) is 38.1 Å². The normalized spacial score (nSPS) is 16.5. The summed E-state index contributed by atoms with van der Waals surface area (Å²) in [7, 11) is 0. The third kappa shape index (κ3) is 8.32. The molecule has 0 aromatic carbocycles. The molecule has 4 unspecified atom stereocenters. The van der Waals surface area contributed by atoms with Crippen molar-refractivity contribution in [1.29, 1.82) is 0 Å². The first kappa shape index (κ1) is 24.6. The van der Waals surface area contributed by atoms with Crippen LogP contribution in [0.25, 0.3) is 0 Å². The lowest BCUT2D eigenvalue weighted by atomic mass is 10.2. The van der Waals surface area contributed by atoms with Gasteiger partial charge in [0.2, 0.25) is 0 Å². The van der Waals surface area contributed by atoms with Crippen LogP contribution in [-0.4, -0.2) is 59.4 Å². The molecule has 0 heterocycles. The van der Waals surface area contributed by atoms with Crippen LogP contribution in [0.3, 0.4) is 0 Å². The lowest BCUT2D eigenvalue weighted by Crippen LogP contribution is -2.42. The second-order valence-corrected chi connectivity index (χ2v) is 6.58. The average molecular weight is 371 g/mol. The van der Waals surface area contributed by atoms with E-state index < -0.39 is 11.9 Å². The summed E-state index contributed by atoms with van der Waals surface area (Å²) in [5.41, 5.74) is 0. The Morgan fingerprint density at radius 2 is 1.04 bits per heavy atom. The highest BCUT2D eigenvalue weighted by Gasteiger charge is 2.21. The predicted octanol–water partition coefficient (Wildman–Crippen LogP) is 3.56. The minimum absolute atomic E-state index is 0.318. The van der Waals surface area contributed by atoms with Gasteiger partial charge in [-0.3, -0.25) is 9.80 Å². The Kier molecular flexibility index (Phi) is 12.2. The summed E-state index contributed by atoms with van der Waals surface area (Å²) in [6, 6.07) is 0.636. The number of carbonyl (C=O) groups is 2. The molecule has 26 heavy (non-hydrogen) atoms. The Hall–Kier alpha value is -1.40. The fourth-order valence-electron chi connectivity index (χ4n) is 3.01. The molecule has 0 saturated carbocycles. The van der Waals surface area contributed by atoms with Crippen molar-refractivity contribution in [1.82, 2.24) is 9.80 Å². The van der Waals surface area contributed by atoms with Crippen molar-refractivity contribution in [3.8, 4) is 0 Å². The van der Waals surface area contributed by atoms with E-state index in [1.54, 1.807) is 0 Å². The van der Waals surface area contributed by atoms with Crippen LogP contribution in [0.15, 0.2) is 12.2 Å². The number of hydrogen-bond acceptors (Lipinski definition) is 6. The van der Waals surface area contributed by atoms with Gasteiger partial charge in [-0.2, -0.15) is 0 Å². The molecule has 6 heteroatoms. The molecule has 0 aliphatic carbocycles. The number of hydrogen-bond donors (Lipinski definition) is 0. The molecule has 4 atom stereocenters. The summed E-state index contributed by atoms with van der Waals surface area (Å²) in [5, 5.41) is 0. The van der Waals surface area contributed by atoms with Gasteiger partial charge in [-0.15, -0.1) is 0 Å². The molecule has 0 aliphatic rings. The van der Waals surface area contributed by atoms with Crippen LogP contribution in [-0.2, 0) is 19.1 Å². The second kappa shape index (κ2) is 12.9. The van der Waals surface area contributed by atoms with Crippen LogP contribution in [0.1, 0.15) is 68.2 Å². The minimum Gasteiger partial charge on any atom is -0.443 e. The van der Waals surface area contributed by atoms with Crippen molar-refractivity contribution in [3.63, 3.8) is 0 Å². The predicted molar refractivity (Wildman–Crippen MR) is 105 cm³/mol. The van der Waals surface area contributed by atoms with Crippen molar-refractivity contribution in [2.24, 2.45) is 0 Å². The first-order valence-electron chi connectivity index (χ1n) is 9.82. The molecule has 0 amide bonds. The first-order valence-corrected chi connectivity index (χ1v) is 9.82. The molecule has 0 aromatic rings. The van der Waals surface area contributed by atoms with Gasteiger partial charge in [0, 0.05) is 24.2 Å². The minimum atomic E-state index is -0.543. The Morgan fingerprint density at radius 3 is 1.27 bits per heavy atom. The van der Waals surface area contributed by atoms with E-state index in [4.69, 9.17) is 9.47 Å². The van der Waals surface area contributed by atoms with Crippen LogP contribution in [0.4, 0.5) is 0 Å². The molecule has 0 spiro atoms. The third-order valence-corrected chi connectivity index (χ3v) is 4.91. The van der Waals surface area contributed by atoms with Gasteiger partial charge >= 0.3 is 11.9 Å². The highest BCUT2D eigenvalue weighted by Crippen LogP contribution is 2.11. The number of carbonyl (C=O) groups excluding carboxylic acids is 2. The van der Waals surface area contributed by atoms with Crippen LogP contribution < -0.4 is 0 Å².